The molecule has 0 spiro atoms. The molecule has 0 bridgehead atoms. The van der Waals surface area contributed by atoms with Crippen molar-refractivity contribution in [3.8, 4) is 5.40 Å². The number of primary amides is 1. The van der Waals surface area contributed by atoms with E-state index in [4.69, 9.17) is 11.0 Å². The molecule has 1 atom stereocenters. The molecule has 0 aliphatic carbocycles. The van der Waals surface area contributed by atoms with Crippen LogP contribution in [0.2, 0.25) is 0 Å². The van der Waals surface area contributed by atoms with Crippen LogP contribution in [-0.2, 0) is 4.79 Å². The van der Waals surface area contributed by atoms with Gasteiger partial charge in [0.2, 0.25) is 5.91 Å². The molecule has 2 N–H and O–H groups in total. The van der Waals surface area contributed by atoms with E-state index in [0.717, 1.165) is 34.5 Å². The van der Waals surface area contributed by atoms with Gasteiger partial charge < -0.3 is 10.6 Å². The zero-order valence-corrected chi connectivity index (χ0v) is 10.3. The molecule has 1 aromatic rings. The lowest BCUT2D eigenvalue weighted by molar-refractivity contribution is -0.118. The number of fused-ring (bicyclic) bond motifs is 1. The Hall–Kier alpha value is -1.67. The molecule has 1 aliphatic rings. The van der Waals surface area contributed by atoms with Crippen molar-refractivity contribution in [3.05, 3.63) is 23.8 Å². The van der Waals surface area contributed by atoms with Crippen molar-refractivity contribution in [3.63, 3.8) is 0 Å². The predicted molar refractivity (Wildman–Crippen MR) is 67.7 cm³/mol. The van der Waals surface area contributed by atoms with E-state index >= 15 is 0 Å². The summed E-state index contributed by atoms with van der Waals surface area (Å²) >= 11 is 1.13. The number of hydrogen-bond acceptors (Lipinski definition) is 4. The number of anilines is 1. The van der Waals surface area contributed by atoms with Gasteiger partial charge in [0.15, 0.2) is 0 Å². The van der Waals surface area contributed by atoms with Gasteiger partial charge in [0.1, 0.15) is 5.40 Å². The second-order valence-corrected chi connectivity index (χ2v) is 5.02. The van der Waals surface area contributed by atoms with E-state index in [1.165, 1.54) is 0 Å². The van der Waals surface area contributed by atoms with Crippen molar-refractivity contribution in [2.45, 2.75) is 17.2 Å². The highest BCUT2D eigenvalue weighted by molar-refractivity contribution is 8.03. The topological polar surface area (TPSA) is 70.1 Å². The van der Waals surface area contributed by atoms with Crippen LogP contribution in [0.5, 0.6) is 0 Å². The van der Waals surface area contributed by atoms with Crippen LogP contribution in [-0.4, -0.2) is 19.5 Å². The molecule has 0 saturated carbocycles. The minimum absolute atomic E-state index is 0.145. The molecule has 0 fully saturated rings. The quantitative estimate of drug-likeness (QED) is 0.651. The number of nitrogens with two attached hydrogens (primary N) is 1. The van der Waals surface area contributed by atoms with Crippen molar-refractivity contribution >= 4 is 23.4 Å². The van der Waals surface area contributed by atoms with Gasteiger partial charge in [-0.1, -0.05) is 0 Å². The van der Waals surface area contributed by atoms with E-state index in [1.54, 1.807) is 0 Å². The van der Waals surface area contributed by atoms with Gasteiger partial charge in [0.05, 0.1) is 0 Å². The molecule has 0 radical (unpaired) electrons. The van der Waals surface area contributed by atoms with E-state index in [0.29, 0.717) is 6.42 Å². The molecular formula is C12H13N3OS. The summed E-state index contributed by atoms with van der Waals surface area (Å²) in [5.74, 6) is -0.138. The number of thioether (sulfide) groups is 1. The number of nitrogens with zero attached hydrogens (tertiary/aromatic N) is 2. The smallest absolute Gasteiger partial charge is 0.218 e. The number of rotatable bonds is 3. The Balaban J connectivity index is 2.33. The second kappa shape index (κ2) is 4.68. The van der Waals surface area contributed by atoms with Crippen molar-refractivity contribution in [1.82, 2.24) is 0 Å². The molecule has 2 rings (SSSR count). The lowest BCUT2D eigenvalue weighted by Gasteiger charge is -2.11. The van der Waals surface area contributed by atoms with Crippen LogP contribution in [0.15, 0.2) is 23.1 Å². The third-order valence-electron chi connectivity index (χ3n) is 2.96. The zero-order valence-electron chi connectivity index (χ0n) is 9.51. The number of nitriles is 1. The molecule has 4 nitrogen and oxygen atoms in total. The van der Waals surface area contributed by atoms with Crippen LogP contribution < -0.4 is 10.6 Å². The molecule has 1 aromatic carbocycles. The first kappa shape index (κ1) is 11.8. The number of thiocyanates is 1. The summed E-state index contributed by atoms with van der Waals surface area (Å²) in [4.78, 5) is 14.1. The Bertz CT molecular complexity index is 495. The summed E-state index contributed by atoms with van der Waals surface area (Å²) in [5, 5.41) is 10.7. The number of carbonyl (C=O) groups is 1. The van der Waals surface area contributed by atoms with Gasteiger partial charge in [0.25, 0.3) is 0 Å². The lowest BCUT2D eigenvalue weighted by Crippen LogP contribution is -2.20. The SMILES string of the molecule is CN1CC(CC(N)=O)c2cc(SC#N)ccc21. The normalized spacial score (nSPS) is 17.6. The van der Waals surface area contributed by atoms with Gasteiger partial charge in [0, 0.05) is 36.5 Å². The molecule has 1 heterocycles. The summed E-state index contributed by atoms with van der Waals surface area (Å²) in [6.07, 6.45) is 0.359. The minimum Gasteiger partial charge on any atom is -0.374 e. The Morgan fingerprint density at radius 3 is 3.12 bits per heavy atom. The minimum atomic E-state index is -0.283. The van der Waals surface area contributed by atoms with Crippen LogP contribution in [0.1, 0.15) is 17.9 Å². The number of carbonyl (C=O) groups excluding carboxylic acids is 1. The summed E-state index contributed by atoms with van der Waals surface area (Å²) in [5.41, 5.74) is 7.50. The molecule has 0 saturated heterocycles. The van der Waals surface area contributed by atoms with Gasteiger partial charge in [-0.25, -0.2) is 0 Å². The maximum Gasteiger partial charge on any atom is 0.218 e. The third-order valence-corrected chi connectivity index (χ3v) is 3.54. The molecular weight excluding hydrogens is 234 g/mol. The summed E-state index contributed by atoms with van der Waals surface area (Å²) in [7, 11) is 2.00. The summed E-state index contributed by atoms with van der Waals surface area (Å²) in [6.45, 7) is 0.805. The van der Waals surface area contributed by atoms with E-state index < -0.39 is 0 Å². The summed E-state index contributed by atoms with van der Waals surface area (Å²) < 4.78 is 0. The Labute approximate surface area is 104 Å². The monoisotopic (exact) mass is 247 g/mol. The van der Waals surface area contributed by atoms with Crippen LogP contribution >= 0.6 is 11.8 Å². The van der Waals surface area contributed by atoms with Crippen LogP contribution in [0.3, 0.4) is 0 Å². The largest absolute Gasteiger partial charge is 0.374 e. The van der Waals surface area contributed by atoms with Crippen molar-refractivity contribution in [1.29, 1.82) is 5.26 Å². The highest BCUT2D eigenvalue weighted by atomic mass is 32.2. The first-order valence-electron chi connectivity index (χ1n) is 5.31. The zero-order chi connectivity index (χ0) is 12.4. The molecule has 1 aliphatic heterocycles. The van der Waals surface area contributed by atoms with Crippen LogP contribution in [0.4, 0.5) is 5.69 Å². The van der Waals surface area contributed by atoms with Crippen LogP contribution in [0.25, 0.3) is 0 Å². The molecule has 17 heavy (non-hydrogen) atoms. The second-order valence-electron chi connectivity index (χ2n) is 4.16. The Morgan fingerprint density at radius 2 is 2.47 bits per heavy atom. The van der Waals surface area contributed by atoms with Gasteiger partial charge in [-0.2, -0.15) is 5.26 Å². The molecule has 88 valence electrons. The van der Waals surface area contributed by atoms with E-state index in [9.17, 15) is 4.79 Å². The molecule has 5 heteroatoms. The third kappa shape index (κ3) is 2.37. The maximum absolute atomic E-state index is 11.0. The van der Waals surface area contributed by atoms with E-state index in [2.05, 4.69) is 10.3 Å². The van der Waals surface area contributed by atoms with Crippen LogP contribution in [0, 0.1) is 10.7 Å². The first-order valence-corrected chi connectivity index (χ1v) is 6.12. The van der Waals surface area contributed by atoms with E-state index in [-0.39, 0.29) is 11.8 Å². The predicted octanol–water partition coefficient (Wildman–Crippen LogP) is 1.67. The van der Waals surface area contributed by atoms with Gasteiger partial charge >= 0.3 is 0 Å². The molecule has 0 aromatic heterocycles. The fraction of sp³-hybridized carbons (Fsp3) is 0.333. The highest BCUT2D eigenvalue weighted by Crippen LogP contribution is 2.39. The van der Waals surface area contributed by atoms with Gasteiger partial charge in [-0.3, -0.25) is 4.79 Å². The molecule has 1 amide bonds. The lowest BCUT2D eigenvalue weighted by atomic mass is 9.98. The number of likely N-dealkylation sites (N-methyl/N-ethyl adjacent to an activating group) is 1. The number of benzene rings is 1. The highest BCUT2D eigenvalue weighted by Gasteiger charge is 2.27. The van der Waals surface area contributed by atoms with Gasteiger partial charge in [-0.15, -0.1) is 0 Å². The summed E-state index contributed by atoms with van der Waals surface area (Å²) in [6, 6.07) is 5.91. The first-order chi connectivity index (χ1) is 8.11. The molecule has 1 unspecified atom stereocenters. The fourth-order valence-corrected chi connectivity index (χ4v) is 2.70. The standard InChI is InChI=1S/C12H13N3OS/c1-15-6-8(4-12(14)16)10-5-9(17-7-13)2-3-11(10)15/h2-3,5,8H,4,6H2,1H3,(H2,14,16). The number of hydrogen-bond donors (Lipinski definition) is 1. The number of amides is 1. The maximum atomic E-state index is 11.0. The average molecular weight is 247 g/mol. The Kier molecular flexibility index (Phi) is 3.25. The average Bonchev–Trinajstić information content (AvgIpc) is 2.55. The van der Waals surface area contributed by atoms with Crippen molar-refractivity contribution in [2.75, 3.05) is 18.5 Å². The van der Waals surface area contributed by atoms with Gasteiger partial charge in [-0.05, 0) is 35.5 Å². The van der Waals surface area contributed by atoms with E-state index in [1.807, 2.05) is 25.2 Å². The van der Waals surface area contributed by atoms with Crippen molar-refractivity contribution in [2.24, 2.45) is 5.73 Å². The Morgan fingerprint density at radius 1 is 1.71 bits per heavy atom. The van der Waals surface area contributed by atoms with Crippen molar-refractivity contribution < 1.29 is 4.79 Å². The fourth-order valence-electron chi connectivity index (χ4n) is 2.27.